The van der Waals surface area contributed by atoms with Gasteiger partial charge in [0.25, 0.3) is 0 Å². The van der Waals surface area contributed by atoms with Crippen molar-refractivity contribution in [1.82, 2.24) is 5.32 Å². The molecule has 1 N–H and O–H groups in total. The number of methoxy groups -OCH3 is 1. The second kappa shape index (κ2) is 6.38. The van der Waals surface area contributed by atoms with Gasteiger partial charge in [-0.3, -0.25) is 0 Å². The minimum Gasteiger partial charge on any atom is -0.496 e. The maximum absolute atomic E-state index is 5.44. The average Bonchev–Trinajstić information content (AvgIpc) is 2.38. The van der Waals surface area contributed by atoms with Crippen LogP contribution in [0.1, 0.15) is 18.4 Å². The van der Waals surface area contributed by atoms with Crippen LogP contribution in [-0.2, 0) is 11.3 Å². The zero-order chi connectivity index (χ0) is 12.1. The van der Waals surface area contributed by atoms with Crippen molar-refractivity contribution in [3.8, 4) is 5.75 Å². The minimum absolute atomic E-state index is 0.490. The van der Waals surface area contributed by atoms with E-state index in [-0.39, 0.29) is 0 Å². The molecular weight excluding hydrogens is 282 g/mol. The van der Waals surface area contributed by atoms with E-state index in [1.165, 1.54) is 12.0 Å². The molecule has 1 heterocycles. The van der Waals surface area contributed by atoms with Crippen LogP contribution in [0.3, 0.4) is 0 Å². The molecule has 3 nitrogen and oxygen atoms in total. The van der Waals surface area contributed by atoms with E-state index in [0.29, 0.717) is 6.04 Å². The van der Waals surface area contributed by atoms with Crippen molar-refractivity contribution in [1.29, 1.82) is 0 Å². The van der Waals surface area contributed by atoms with Gasteiger partial charge >= 0.3 is 0 Å². The molecule has 1 saturated heterocycles. The second-order valence-electron chi connectivity index (χ2n) is 4.26. The maximum Gasteiger partial charge on any atom is 0.133 e. The van der Waals surface area contributed by atoms with Gasteiger partial charge in [-0.05, 0) is 46.5 Å². The van der Waals surface area contributed by atoms with E-state index < -0.39 is 0 Å². The topological polar surface area (TPSA) is 30.5 Å². The maximum atomic E-state index is 5.44. The predicted molar refractivity (Wildman–Crippen MR) is 71.4 cm³/mol. The van der Waals surface area contributed by atoms with E-state index in [0.717, 1.165) is 36.4 Å². The molecule has 1 atom stereocenters. The van der Waals surface area contributed by atoms with Crippen molar-refractivity contribution >= 4 is 15.9 Å². The molecule has 17 heavy (non-hydrogen) atoms. The molecule has 94 valence electrons. The van der Waals surface area contributed by atoms with Crippen molar-refractivity contribution in [3.63, 3.8) is 0 Å². The Morgan fingerprint density at radius 1 is 1.53 bits per heavy atom. The normalized spacial score (nSPS) is 20.2. The average molecular weight is 300 g/mol. The number of hydrogen-bond donors (Lipinski definition) is 1. The van der Waals surface area contributed by atoms with Crippen molar-refractivity contribution in [2.45, 2.75) is 25.4 Å². The van der Waals surface area contributed by atoms with Gasteiger partial charge < -0.3 is 14.8 Å². The van der Waals surface area contributed by atoms with Gasteiger partial charge in [0.1, 0.15) is 5.75 Å². The number of benzene rings is 1. The molecule has 1 aliphatic rings. The van der Waals surface area contributed by atoms with Crippen molar-refractivity contribution in [3.05, 3.63) is 28.2 Å². The van der Waals surface area contributed by atoms with Gasteiger partial charge in [0, 0.05) is 19.2 Å². The van der Waals surface area contributed by atoms with E-state index in [1.54, 1.807) is 7.11 Å². The van der Waals surface area contributed by atoms with E-state index in [1.807, 2.05) is 6.07 Å². The number of rotatable bonds is 4. The summed E-state index contributed by atoms with van der Waals surface area (Å²) >= 11 is 3.50. The lowest BCUT2D eigenvalue weighted by Gasteiger charge is -2.23. The quantitative estimate of drug-likeness (QED) is 0.927. The van der Waals surface area contributed by atoms with Crippen molar-refractivity contribution < 1.29 is 9.47 Å². The van der Waals surface area contributed by atoms with Crippen LogP contribution in [0.25, 0.3) is 0 Å². The lowest BCUT2D eigenvalue weighted by molar-refractivity contribution is 0.0699. The van der Waals surface area contributed by atoms with Gasteiger partial charge in [0.15, 0.2) is 0 Å². The van der Waals surface area contributed by atoms with Crippen LogP contribution in [0.2, 0.25) is 0 Å². The molecule has 0 aromatic heterocycles. The summed E-state index contributed by atoms with van der Waals surface area (Å²) in [5, 5.41) is 3.52. The van der Waals surface area contributed by atoms with Gasteiger partial charge in [-0.15, -0.1) is 0 Å². The van der Waals surface area contributed by atoms with Gasteiger partial charge in [0.05, 0.1) is 18.2 Å². The summed E-state index contributed by atoms with van der Waals surface area (Å²) in [5.74, 6) is 0.870. The largest absolute Gasteiger partial charge is 0.496 e. The van der Waals surface area contributed by atoms with Crippen LogP contribution in [0, 0.1) is 0 Å². The Hall–Kier alpha value is -0.580. The first kappa shape index (κ1) is 12.9. The van der Waals surface area contributed by atoms with Crippen LogP contribution in [0.4, 0.5) is 0 Å². The van der Waals surface area contributed by atoms with Crippen LogP contribution in [-0.4, -0.2) is 26.4 Å². The fraction of sp³-hybridized carbons (Fsp3) is 0.538. The standard InChI is InChI=1S/C13H18BrNO2/c1-16-13-5-4-10(7-12(13)14)8-15-11-3-2-6-17-9-11/h4-5,7,11,15H,2-3,6,8-9H2,1H3. The van der Waals surface area contributed by atoms with Crippen LogP contribution in [0.5, 0.6) is 5.75 Å². The summed E-state index contributed by atoms with van der Waals surface area (Å²) in [4.78, 5) is 0. The lowest BCUT2D eigenvalue weighted by atomic mass is 10.1. The summed E-state index contributed by atoms with van der Waals surface area (Å²) < 4.78 is 11.6. The Balaban J connectivity index is 1.87. The Kier molecular flexibility index (Phi) is 4.83. The summed E-state index contributed by atoms with van der Waals surface area (Å²) in [6.07, 6.45) is 2.36. The predicted octanol–water partition coefficient (Wildman–Crippen LogP) is 2.73. The van der Waals surface area contributed by atoms with E-state index >= 15 is 0 Å². The molecule has 1 unspecified atom stereocenters. The van der Waals surface area contributed by atoms with Gasteiger partial charge in [-0.25, -0.2) is 0 Å². The van der Waals surface area contributed by atoms with Gasteiger partial charge in [-0.2, -0.15) is 0 Å². The molecule has 0 amide bonds. The summed E-state index contributed by atoms with van der Waals surface area (Å²) in [6, 6.07) is 6.65. The molecule has 0 spiro atoms. The molecule has 0 aliphatic carbocycles. The highest BCUT2D eigenvalue weighted by Gasteiger charge is 2.12. The first-order chi connectivity index (χ1) is 8.29. The van der Waals surface area contributed by atoms with Gasteiger partial charge in [-0.1, -0.05) is 6.07 Å². The Labute approximate surface area is 111 Å². The fourth-order valence-electron chi connectivity index (χ4n) is 1.98. The monoisotopic (exact) mass is 299 g/mol. The number of nitrogens with one attached hydrogen (secondary N) is 1. The summed E-state index contributed by atoms with van der Waals surface area (Å²) in [5.41, 5.74) is 1.25. The van der Waals surface area contributed by atoms with E-state index in [2.05, 4.69) is 33.4 Å². The minimum atomic E-state index is 0.490. The molecule has 0 radical (unpaired) electrons. The molecule has 1 aromatic carbocycles. The first-order valence-corrected chi connectivity index (χ1v) is 6.72. The Bertz CT molecular complexity index is 364. The first-order valence-electron chi connectivity index (χ1n) is 5.93. The SMILES string of the molecule is COc1ccc(CNC2CCCOC2)cc1Br. The van der Waals surface area contributed by atoms with Crippen LogP contribution < -0.4 is 10.1 Å². The number of hydrogen-bond acceptors (Lipinski definition) is 3. The highest BCUT2D eigenvalue weighted by Crippen LogP contribution is 2.25. The zero-order valence-electron chi connectivity index (χ0n) is 10.0. The highest BCUT2D eigenvalue weighted by molar-refractivity contribution is 9.10. The number of ether oxygens (including phenoxy) is 2. The molecule has 2 rings (SSSR count). The van der Waals surface area contributed by atoms with Gasteiger partial charge in [0.2, 0.25) is 0 Å². The van der Waals surface area contributed by atoms with E-state index in [4.69, 9.17) is 9.47 Å². The Morgan fingerprint density at radius 3 is 3.06 bits per heavy atom. The Morgan fingerprint density at radius 2 is 2.41 bits per heavy atom. The second-order valence-corrected chi connectivity index (χ2v) is 5.12. The summed E-state index contributed by atoms with van der Waals surface area (Å²) in [6.45, 7) is 2.61. The third-order valence-electron chi connectivity index (χ3n) is 2.97. The van der Waals surface area contributed by atoms with E-state index in [9.17, 15) is 0 Å². The zero-order valence-corrected chi connectivity index (χ0v) is 11.6. The molecule has 0 saturated carbocycles. The van der Waals surface area contributed by atoms with Crippen molar-refractivity contribution in [2.75, 3.05) is 20.3 Å². The third-order valence-corrected chi connectivity index (χ3v) is 3.59. The lowest BCUT2D eigenvalue weighted by Crippen LogP contribution is -2.36. The van der Waals surface area contributed by atoms with Crippen LogP contribution in [0.15, 0.2) is 22.7 Å². The van der Waals surface area contributed by atoms with Crippen molar-refractivity contribution in [2.24, 2.45) is 0 Å². The summed E-state index contributed by atoms with van der Waals surface area (Å²) in [7, 11) is 1.68. The molecule has 0 bridgehead atoms. The smallest absolute Gasteiger partial charge is 0.133 e. The highest BCUT2D eigenvalue weighted by atomic mass is 79.9. The third kappa shape index (κ3) is 3.69. The fourth-order valence-corrected chi connectivity index (χ4v) is 2.57. The molecule has 1 fully saturated rings. The number of halogens is 1. The molecule has 1 aromatic rings. The molecule has 1 aliphatic heterocycles. The molecular formula is C13H18BrNO2. The van der Waals surface area contributed by atoms with Crippen LogP contribution >= 0.6 is 15.9 Å². The molecule has 4 heteroatoms.